The summed E-state index contributed by atoms with van der Waals surface area (Å²) in [5.74, 6) is 0.661. The van der Waals surface area contributed by atoms with Crippen molar-refractivity contribution in [2.45, 2.75) is 45.8 Å². The van der Waals surface area contributed by atoms with Gasteiger partial charge in [-0.05, 0) is 62.3 Å². The van der Waals surface area contributed by atoms with Crippen molar-refractivity contribution < 1.29 is 5.11 Å². The van der Waals surface area contributed by atoms with E-state index in [9.17, 15) is 5.11 Å². The first-order valence-electron chi connectivity index (χ1n) is 6.60. The monoisotopic (exact) mass is 233 g/mol. The predicted molar refractivity (Wildman–Crippen MR) is 71.0 cm³/mol. The van der Waals surface area contributed by atoms with Crippen LogP contribution < -0.4 is 5.32 Å². The van der Waals surface area contributed by atoms with Crippen LogP contribution in [0, 0.1) is 19.8 Å². The van der Waals surface area contributed by atoms with Gasteiger partial charge in [0, 0.05) is 6.54 Å². The SMILES string of the molecule is Cc1cccc(C)c1CNCC1CCC(O)C1. The van der Waals surface area contributed by atoms with E-state index in [4.69, 9.17) is 0 Å². The van der Waals surface area contributed by atoms with Crippen molar-refractivity contribution >= 4 is 0 Å². The van der Waals surface area contributed by atoms with Crippen LogP contribution in [0.15, 0.2) is 18.2 Å². The molecule has 1 aliphatic carbocycles. The number of rotatable bonds is 4. The Kier molecular flexibility index (Phi) is 4.19. The molecule has 0 aliphatic heterocycles. The van der Waals surface area contributed by atoms with Gasteiger partial charge in [0.2, 0.25) is 0 Å². The van der Waals surface area contributed by atoms with Crippen LogP contribution in [0.25, 0.3) is 0 Å². The van der Waals surface area contributed by atoms with Gasteiger partial charge in [0.05, 0.1) is 6.10 Å². The number of aryl methyl sites for hydroxylation is 2. The lowest BCUT2D eigenvalue weighted by Crippen LogP contribution is -2.22. The average Bonchev–Trinajstić information content (AvgIpc) is 2.69. The van der Waals surface area contributed by atoms with Gasteiger partial charge in [-0.1, -0.05) is 18.2 Å². The Labute approximate surface area is 104 Å². The molecule has 2 rings (SSSR count). The highest BCUT2D eigenvalue weighted by atomic mass is 16.3. The highest BCUT2D eigenvalue weighted by Gasteiger charge is 2.22. The average molecular weight is 233 g/mol. The molecule has 0 bridgehead atoms. The number of benzene rings is 1. The zero-order chi connectivity index (χ0) is 12.3. The lowest BCUT2D eigenvalue weighted by atomic mass is 10.0. The fraction of sp³-hybridized carbons (Fsp3) is 0.600. The van der Waals surface area contributed by atoms with Crippen LogP contribution in [0.3, 0.4) is 0 Å². The quantitative estimate of drug-likeness (QED) is 0.837. The van der Waals surface area contributed by atoms with Gasteiger partial charge in [0.25, 0.3) is 0 Å². The zero-order valence-corrected chi connectivity index (χ0v) is 10.9. The second kappa shape index (κ2) is 5.65. The second-order valence-electron chi connectivity index (χ2n) is 5.33. The van der Waals surface area contributed by atoms with Crippen LogP contribution in [-0.2, 0) is 6.54 Å². The summed E-state index contributed by atoms with van der Waals surface area (Å²) in [6.07, 6.45) is 3.07. The van der Waals surface area contributed by atoms with Crippen LogP contribution in [0.5, 0.6) is 0 Å². The van der Waals surface area contributed by atoms with Crippen LogP contribution in [0.2, 0.25) is 0 Å². The number of hydrogen-bond acceptors (Lipinski definition) is 2. The van der Waals surface area contributed by atoms with E-state index in [-0.39, 0.29) is 6.10 Å². The van der Waals surface area contributed by atoms with Crippen molar-refractivity contribution in [2.24, 2.45) is 5.92 Å². The summed E-state index contributed by atoms with van der Waals surface area (Å²) in [6, 6.07) is 6.45. The smallest absolute Gasteiger partial charge is 0.0543 e. The van der Waals surface area contributed by atoms with Crippen molar-refractivity contribution in [3.63, 3.8) is 0 Å². The Morgan fingerprint density at radius 3 is 2.53 bits per heavy atom. The Morgan fingerprint density at radius 2 is 1.94 bits per heavy atom. The van der Waals surface area contributed by atoms with Gasteiger partial charge >= 0.3 is 0 Å². The summed E-state index contributed by atoms with van der Waals surface area (Å²) in [5.41, 5.74) is 4.15. The molecule has 2 nitrogen and oxygen atoms in total. The lowest BCUT2D eigenvalue weighted by Gasteiger charge is -2.14. The molecule has 0 aromatic heterocycles. The largest absolute Gasteiger partial charge is 0.393 e. The molecule has 1 aliphatic rings. The molecule has 2 N–H and O–H groups in total. The Bertz CT molecular complexity index is 355. The third-order valence-corrected chi connectivity index (χ3v) is 3.89. The molecule has 0 saturated heterocycles. The highest BCUT2D eigenvalue weighted by Crippen LogP contribution is 2.24. The predicted octanol–water partition coefficient (Wildman–Crippen LogP) is 2.55. The van der Waals surface area contributed by atoms with Crippen LogP contribution >= 0.6 is 0 Å². The molecule has 2 heteroatoms. The van der Waals surface area contributed by atoms with Gasteiger partial charge in [-0.15, -0.1) is 0 Å². The summed E-state index contributed by atoms with van der Waals surface area (Å²) in [4.78, 5) is 0. The zero-order valence-electron chi connectivity index (χ0n) is 10.9. The molecule has 2 atom stereocenters. The van der Waals surface area contributed by atoms with Crippen LogP contribution in [-0.4, -0.2) is 17.8 Å². The summed E-state index contributed by atoms with van der Waals surface area (Å²) in [6.45, 7) is 6.32. The number of aliphatic hydroxyl groups excluding tert-OH is 1. The Morgan fingerprint density at radius 1 is 1.24 bits per heavy atom. The number of aliphatic hydroxyl groups is 1. The maximum absolute atomic E-state index is 9.48. The van der Waals surface area contributed by atoms with E-state index < -0.39 is 0 Å². The highest BCUT2D eigenvalue weighted by molar-refractivity contribution is 5.33. The fourth-order valence-corrected chi connectivity index (χ4v) is 2.76. The second-order valence-corrected chi connectivity index (χ2v) is 5.33. The fourth-order valence-electron chi connectivity index (χ4n) is 2.76. The molecule has 2 unspecified atom stereocenters. The number of hydrogen-bond donors (Lipinski definition) is 2. The molecule has 17 heavy (non-hydrogen) atoms. The molecule has 0 radical (unpaired) electrons. The maximum Gasteiger partial charge on any atom is 0.0543 e. The summed E-state index contributed by atoms with van der Waals surface area (Å²) in [5, 5.41) is 13.0. The Balaban J connectivity index is 1.82. The molecule has 0 amide bonds. The van der Waals surface area contributed by atoms with E-state index >= 15 is 0 Å². The van der Waals surface area contributed by atoms with E-state index in [1.54, 1.807) is 0 Å². The summed E-state index contributed by atoms with van der Waals surface area (Å²) < 4.78 is 0. The van der Waals surface area contributed by atoms with Gasteiger partial charge in [-0.2, -0.15) is 0 Å². The molecule has 94 valence electrons. The first-order valence-corrected chi connectivity index (χ1v) is 6.60. The van der Waals surface area contributed by atoms with Crippen molar-refractivity contribution in [3.05, 3.63) is 34.9 Å². The van der Waals surface area contributed by atoms with Crippen molar-refractivity contribution in [1.29, 1.82) is 0 Å². The minimum absolute atomic E-state index is 0.0537. The molecule has 1 saturated carbocycles. The molecular formula is C15H23NO. The van der Waals surface area contributed by atoms with E-state index in [1.165, 1.54) is 23.1 Å². The minimum atomic E-state index is -0.0537. The van der Waals surface area contributed by atoms with Gasteiger partial charge in [-0.25, -0.2) is 0 Å². The van der Waals surface area contributed by atoms with Gasteiger partial charge in [0.1, 0.15) is 0 Å². The van der Waals surface area contributed by atoms with Crippen LogP contribution in [0.4, 0.5) is 0 Å². The number of nitrogens with one attached hydrogen (secondary N) is 1. The van der Waals surface area contributed by atoms with Gasteiger partial charge < -0.3 is 10.4 Å². The molecule has 0 heterocycles. The van der Waals surface area contributed by atoms with Crippen molar-refractivity contribution in [3.8, 4) is 0 Å². The molecule has 1 aromatic rings. The van der Waals surface area contributed by atoms with Crippen LogP contribution in [0.1, 0.15) is 36.0 Å². The molecule has 0 spiro atoms. The first-order chi connectivity index (χ1) is 8.16. The Hall–Kier alpha value is -0.860. The van der Waals surface area contributed by atoms with Gasteiger partial charge in [-0.3, -0.25) is 0 Å². The molecule has 1 aromatic carbocycles. The summed E-state index contributed by atoms with van der Waals surface area (Å²) >= 11 is 0. The minimum Gasteiger partial charge on any atom is -0.393 e. The topological polar surface area (TPSA) is 32.3 Å². The van der Waals surface area contributed by atoms with E-state index in [2.05, 4.69) is 37.4 Å². The standard InChI is InChI=1S/C15H23NO/c1-11-4-3-5-12(2)15(11)10-16-9-13-6-7-14(17)8-13/h3-5,13-14,16-17H,6-10H2,1-2H3. The molecular weight excluding hydrogens is 210 g/mol. The molecule has 1 fully saturated rings. The summed E-state index contributed by atoms with van der Waals surface area (Å²) in [7, 11) is 0. The van der Waals surface area contributed by atoms with E-state index in [0.717, 1.165) is 25.9 Å². The van der Waals surface area contributed by atoms with Gasteiger partial charge in [0.15, 0.2) is 0 Å². The lowest BCUT2D eigenvalue weighted by molar-refractivity contribution is 0.177. The first kappa shape index (κ1) is 12.6. The van der Waals surface area contributed by atoms with Crippen molar-refractivity contribution in [2.75, 3.05) is 6.54 Å². The van der Waals surface area contributed by atoms with E-state index in [0.29, 0.717) is 5.92 Å². The third-order valence-electron chi connectivity index (χ3n) is 3.89. The van der Waals surface area contributed by atoms with E-state index in [1.807, 2.05) is 0 Å². The van der Waals surface area contributed by atoms with Crippen molar-refractivity contribution in [1.82, 2.24) is 5.32 Å². The third kappa shape index (κ3) is 3.30. The maximum atomic E-state index is 9.48. The normalized spacial score (nSPS) is 24.2.